The fourth-order valence-corrected chi connectivity index (χ4v) is 2.30. The van der Waals surface area contributed by atoms with E-state index in [-0.39, 0.29) is 0 Å². The van der Waals surface area contributed by atoms with Crippen LogP contribution in [-0.2, 0) is 6.54 Å². The van der Waals surface area contributed by atoms with Gasteiger partial charge in [0.1, 0.15) is 0 Å². The van der Waals surface area contributed by atoms with E-state index in [1.165, 1.54) is 27.4 Å². The van der Waals surface area contributed by atoms with Crippen molar-refractivity contribution in [3.63, 3.8) is 0 Å². The van der Waals surface area contributed by atoms with Gasteiger partial charge in [0.05, 0.1) is 0 Å². The highest BCUT2D eigenvalue weighted by molar-refractivity contribution is 6.07. The summed E-state index contributed by atoms with van der Waals surface area (Å²) in [5.74, 6) is 0. The Kier molecular flexibility index (Phi) is 2.01. The van der Waals surface area contributed by atoms with Crippen LogP contribution in [0.2, 0.25) is 0 Å². The highest BCUT2D eigenvalue weighted by Gasteiger charge is 2.08. The molecule has 0 radical (unpaired) electrons. The van der Waals surface area contributed by atoms with Gasteiger partial charge in [-0.1, -0.05) is 0 Å². The smallest absolute Gasteiger partial charge is 0.0464 e. The third-order valence-corrected chi connectivity index (χ3v) is 2.94. The average molecular weight is 213 g/mol. The first-order valence-corrected chi connectivity index (χ1v) is 5.46. The van der Waals surface area contributed by atoms with Gasteiger partial charge in [0.25, 0.3) is 0 Å². The summed E-state index contributed by atoms with van der Waals surface area (Å²) >= 11 is 0. The van der Waals surface area contributed by atoms with Crippen LogP contribution in [0.15, 0.2) is 30.6 Å². The lowest BCUT2D eigenvalue weighted by atomic mass is 10.1. The predicted octanol–water partition coefficient (Wildman–Crippen LogP) is 2.71. The van der Waals surface area contributed by atoms with E-state index in [2.05, 4.69) is 53.4 Å². The van der Waals surface area contributed by atoms with Crippen LogP contribution in [-0.4, -0.2) is 29.0 Å². The molecule has 3 rings (SSSR count). The predicted molar refractivity (Wildman–Crippen MR) is 67.5 cm³/mol. The van der Waals surface area contributed by atoms with Crippen molar-refractivity contribution in [2.75, 3.05) is 14.1 Å². The highest BCUT2D eigenvalue weighted by atomic mass is 15.0. The van der Waals surface area contributed by atoms with Gasteiger partial charge < -0.3 is 14.9 Å². The van der Waals surface area contributed by atoms with E-state index >= 15 is 0 Å². The molecule has 1 aromatic carbocycles. The van der Waals surface area contributed by atoms with Gasteiger partial charge in [-0.2, -0.15) is 0 Å². The molecule has 0 atom stereocenters. The molecule has 0 aliphatic heterocycles. The van der Waals surface area contributed by atoms with Crippen LogP contribution in [0, 0.1) is 0 Å². The molecule has 16 heavy (non-hydrogen) atoms. The number of hydrogen-bond acceptors (Lipinski definition) is 1. The molecule has 0 saturated carbocycles. The maximum Gasteiger partial charge on any atom is 0.0464 e. The van der Waals surface area contributed by atoms with Crippen molar-refractivity contribution < 1.29 is 0 Å². The van der Waals surface area contributed by atoms with E-state index in [0.29, 0.717) is 0 Å². The molecule has 82 valence electrons. The molecule has 0 unspecified atom stereocenters. The highest BCUT2D eigenvalue weighted by Crippen LogP contribution is 2.27. The van der Waals surface area contributed by atoms with E-state index in [0.717, 1.165) is 6.54 Å². The minimum atomic E-state index is 0.963. The van der Waals surface area contributed by atoms with Crippen LogP contribution in [0.25, 0.3) is 21.8 Å². The van der Waals surface area contributed by atoms with E-state index < -0.39 is 0 Å². The first-order valence-electron chi connectivity index (χ1n) is 5.46. The summed E-state index contributed by atoms with van der Waals surface area (Å²) in [5.41, 5.74) is 3.77. The summed E-state index contributed by atoms with van der Waals surface area (Å²) in [4.78, 5) is 8.78. The minimum absolute atomic E-state index is 0.963. The van der Waals surface area contributed by atoms with Gasteiger partial charge in [0, 0.05) is 40.7 Å². The molecule has 0 bridgehead atoms. The van der Waals surface area contributed by atoms with Crippen molar-refractivity contribution in [1.82, 2.24) is 14.9 Å². The van der Waals surface area contributed by atoms with Gasteiger partial charge in [0.15, 0.2) is 0 Å². The molecule has 0 spiro atoms. The minimum Gasteiger partial charge on any atom is -0.361 e. The third-order valence-electron chi connectivity index (χ3n) is 2.94. The van der Waals surface area contributed by atoms with Gasteiger partial charge in [0.2, 0.25) is 0 Å². The number of nitrogens with zero attached hydrogens (tertiary/aromatic N) is 1. The van der Waals surface area contributed by atoms with E-state index in [1.54, 1.807) is 0 Å². The normalized spacial score (nSPS) is 11.9. The van der Waals surface area contributed by atoms with Crippen molar-refractivity contribution in [2.45, 2.75) is 6.54 Å². The second-order valence-electron chi connectivity index (χ2n) is 4.48. The molecular formula is C13H15N3. The monoisotopic (exact) mass is 213 g/mol. The molecular weight excluding hydrogens is 198 g/mol. The van der Waals surface area contributed by atoms with Gasteiger partial charge in [-0.15, -0.1) is 0 Å². The van der Waals surface area contributed by atoms with E-state index in [9.17, 15) is 0 Å². The Hall–Kier alpha value is -1.74. The summed E-state index contributed by atoms with van der Waals surface area (Å²) < 4.78 is 0. The Morgan fingerprint density at radius 2 is 1.88 bits per heavy atom. The van der Waals surface area contributed by atoms with Crippen LogP contribution in [0.4, 0.5) is 0 Å². The van der Waals surface area contributed by atoms with Gasteiger partial charge in [-0.25, -0.2) is 0 Å². The number of benzene rings is 1. The van der Waals surface area contributed by atoms with Crippen LogP contribution in [0.1, 0.15) is 5.56 Å². The Bertz CT molecular complexity index is 631. The standard InChI is InChI=1S/C13H15N3/c1-16(2)8-9-7-15-12-4-3-11-10(13(9)12)5-6-14-11/h3-7,14-15H,8H2,1-2H3. The first-order chi connectivity index (χ1) is 7.75. The molecule has 0 amide bonds. The second-order valence-corrected chi connectivity index (χ2v) is 4.48. The number of aromatic nitrogens is 2. The van der Waals surface area contributed by atoms with E-state index in [4.69, 9.17) is 0 Å². The Labute approximate surface area is 94.1 Å². The summed E-state index contributed by atoms with van der Waals surface area (Å²) in [6.07, 6.45) is 4.10. The molecule has 0 saturated heterocycles. The largest absolute Gasteiger partial charge is 0.361 e. The number of nitrogens with one attached hydrogen (secondary N) is 2. The number of rotatable bonds is 2. The fraction of sp³-hybridized carbons (Fsp3) is 0.231. The average Bonchev–Trinajstić information content (AvgIpc) is 2.82. The number of fused-ring (bicyclic) bond motifs is 3. The molecule has 2 aromatic heterocycles. The SMILES string of the molecule is CN(C)Cc1c[nH]c2ccc3[nH]ccc3c12. The van der Waals surface area contributed by atoms with Crippen molar-refractivity contribution in [3.05, 3.63) is 36.2 Å². The molecule has 0 fully saturated rings. The molecule has 2 heterocycles. The van der Waals surface area contributed by atoms with Gasteiger partial charge in [-0.3, -0.25) is 0 Å². The quantitative estimate of drug-likeness (QED) is 0.674. The first kappa shape index (κ1) is 9.48. The summed E-state index contributed by atoms with van der Waals surface area (Å²) in [7, 11) is 4.19. The second kappa shape index (κ2) is 3.39. The lowest BCUT2D eigenvalue weighted by molar-refractivity contribution is 0.404. The summed E-state index contributed by atoms with van der Waals surface area (Å²) in [6, 6.07) is 6.39. The van der Waals surface area contributed by atoms with Crippen LogP contribution < -0.4 is 0 Å². The topological polar surface area (TPSA) is 34.8 Å². The Morgan fingerprint density at radius 1 is 1.06 bits per heavy atom. The zero-order valence-corrected chi connectivity index (χ0v) is 9.54. The van der Waals surface area contributed by atoms with Crippen LogP contribution in [0.5, 0.6) is 0 Å². The van der Waals surface area contributed by atoms with Crippen molar-refractivity contribution >= 4 is 21.8 Å². The zero-order chi connectivity index (χ0) is 11.1. The number of H-pyrrole nitrogens is 2. The third kappa shape index (κ3) is 1.32. The van der Waals surface area contributed by atoms with Crippen LogP contribution in [0.3, 0.4) is 0 Å². The molecule has 0 aliphatic rings. The number of hydrogen-bond donors (Lipinski definition) is 2. The van der Waals surface area contributed by atoms with Crippen LogP contribution >= 0.6 is 0 Å². The van der Waals surface area contributed by atoms with Crippen molar-refractivity contribution in [3.8, 4) is 0 Å². The molecule has 0 aliphatic carbocycles. The van der Waals surface area contributed by atoms with Crippen molar-refractivity contribution in [2.24, 2.45) is 0 Å². The Balaban J connectivity index is 2.32. The number of aromatic amines is 2. The van der Waals surface area contributed by atoms with Crippen molar-refractivity contribution in [1.29, 1.82) is 0 Å². The van der Waals surface area contributed by atoms with E-state index in [1.807, 2.05) is 6.20 Å². The lowest BCUT2D eigenvalue weighted by Crippen LogP contribution is -2.10. The maximum absolute atomic E-state index is 3.33. The molecule has 3 heteroatoms. The lowest BCUT2D eigenvalue weighted by Gasteiger charge is -2.08. The molecule has 3 nitrogen and oxygen atoms in total. The Morgan fingerprint density at radius 3 is 2.69 bits per heavy atom. The van der Waals surface area contributed by atoms with Gasteiger partial charge >= 0.3 is 0 Å². The summed E-state index contributed by atoms with van der Waals surface area (Å²) in [6.45, 7) is 0.963. The molecule has 3 aromatic rings. The fourth-order valence-electron chi connectivity index (χ4n) is 2.30. The molecule has 2 N–H and O–H groups in total. The zero-order valence-electron chi connectivity index (χ0n) is 9.54. The summed E-state index contributed by atoms with van der Waals surface area (Å²) in [5, 5.41) is 2.64. The maximum atomic E-state index is 3.33. The van der Waals surface area contributed by atoms with Gasteiger partial charge in [-0.05, 0) is 37.9 Å².